The molecule has 1 aromatic carbocycles. The van der Waals surface area contributed by atoms with Crippen LogP contribution in [-0.2, 0) is 6.54 Å². The van der Waals surface area contributed by atoms with Crippen LogP contribution in [0.25, 0.3) is 0 Å². The minimum atomic E-state index is 0.499. The van der Waals surface area contributed by atoms with Gasteiger partial charge in [-0.2, -0.15) is 0 Å². The normalized spacial score (nSPS) is 15.3. The number of hydrogen-bond acceptors (Lipinski definition) is 6. The standard InChI is InChI=1S/C18H23ClN4O2S2/c1-24-15-11-14(16(25-2)10-13(15)19)21-18(26)23-6-3-5-22(7-8-23)12-17-20-4-9-27-17/h4,9-11H,3,5-8,12H2,1-2H3,(H,21,26). The molecule has 1 aromatic heterocycles. The quantitative estimate of drug-likeness (QED) is 0.731. The molecule has 1 fully saturated rings. The molecule has 0 amide bonds. The smallest absolute Gasteiger partial charge is 0.173 e. The number of thiocarbonyl (C=S) groups is 1. The third-order valence-corrected chi connectivity index (χ3v) is 5.85. The number of hydrogen-bond donors (Lipinski definition) is 1. The molecule has 0 atom stereocenters. The van der Waals surface area contributed by atoms with Gasteiger partial charge in [-0.1, -0.05) is 11.6 Å². The van der Waals surface area contributed by atoms with E-state index in [9.17, 15) is 0 Å². The molecule has 1 aliphatic heterocycles. The van der Waals surface area contributed by atoms with Crippen molar-refractivity contribution in [1.29, 1.82) is 0 Å². The third kappa shape index (κ3) is 5.22. The molecular formula is C18H23ClN4O2S2. The molecule has 2 heterocycles. The van der Waals surface area contributed by atoms with Gasteiger partial charge in [0, 0.05) is 49.9 Å². The van der Waals surface area contributed by atoms with Gasteiger partial charge in [0.1, 0.15) is 16.5 Å². The lowest BCUT2D eigenvalue weighted by Gasteiger charge is -2.25. The predicted octanol–water partition coefficient (Wildman–Crippen LogP) is 3.72. The average Bonchev–Trinajstić information content (AvgIpc) is 3.06. The molecule has 1 saturated heterocycles. The van der Waals surface area contributed by atoms with Gasteiger partial charge < -0.3 is 19.7 Å². The van der Waals surface area contributed by atoms with Crippen LogP contribution in [0.3, 0.4) is 0 Å². The second kappa shape index (κ2) is 9.54. The van der Waals surface area contributed by atoms with E-state index in [1.54, 1.807) is 37.7 Å². The van der Waals surface area contributed by atoms with E-state index in [4.69, 9.17) is 33.3 Å². The van der Waals surface area contributed by atoms with E-state index in [1.165, 1.54) is 0 Å². The van der Waals surface area contributed by atoms with E-state index in [1.807, 2.05) is 11.6 Å². The van der Waals surface area contributed by atoms with E-state index in [0.29, 0.717) is 21.6 Å². The third-order valence-electron chi connectivity index (χ3n) is 4.43. The van der Waals surface area contributed by atoms with Gasteiger partial charge in [-0.3, -0.25) is 4.90 Å². The van der Waals surface area contributed by atoms with Crippen LogP contribution in [0.2, 0.25) is 5.02 Å². The minimum absolute atomic E-state index is 0.499. The molecule has 1 N–H and O–H groups in total. The van der Waals surface area contributed by atoms with E-state index in [0.717, 1.165) is 49.8 Å². The van der Waals surface area contributed by atoms with Crippen LogP contribution < -0.4 is 14.8 Å². The Hall–Kier alpha value is -1.61. The van der Waals surface area contributed by atoms with Crippen molar-refractivity contribution < 1.29 is 9.47 Å². The number of methoxy groups -OCH3 is 2. The molecule has 2 aromatic rings. The molecule has 6 nitrogen and oxygen atoms in total. The van der Waals surface area contributed by atoms with Crippen molar-refractivity contribution in [3.63, 3.8) is 0 Å². The summed E-state index contributed by atoms with van der Waals surface area (Å²) in [5.41, 5.74) is 0.743. The Labute approximate surface area is 174 Å². The number of anilines is 1. The number of thiazole rings is 1. The van der Waals surface area contributed by atoms with Crippen LogP contribution in [0.15, 0.2) is 23.7 Å². The van der Waals surface area contributed by atoms with Gasteiger partial charge in [-0.05, 0) is 18.6 Å². The maximum Gasteiger partial charge on any atom is 0.173 e. The van der Waals surface area contributed by atoms with Crippen LogP contribution in [-0.4, -0.2) is 60.3 Å². The average molecular weight is 427 g/mol. The Morgan fingerprint density at radius 1 is 1.22 bits per heavy atom. The number of nitrogens with zero attached hydrogens (tertiary/aromatic N) is 3. The molecular weight excluding hydrogens is 404 g/mol. The second-order valence-electron chi connectivity index (χ2n) is 6.16. The maximum atomic E-state index is 6.18. The van der Waals surface area contributed by atoms with Crippen LogP contribution in [0.5, 0.6) is 11.5 Å². The second-order valence-corrected chi connectivity index (χ2v) is 7.93. The number of halogens is 1. The zero-order chi connectivity index (χ0) is 19.2. The number of nitrogens with one attached hydrogen (secondary N) is 1. The summed E-state index contributed by atoms with van der Waals surface area (Å²) in [5.74, 6) is 1.21. The van der Waals surface area contributed by atoms with Gasteiger partial charge in [0.05, 0.1) is 31.5 Å². The molecule has 0 spiro atoms. The molecule has 146 valence electrons. The summed E-state index contributed by atoms with van der Waals surface area (Å²) >= 11 is 13.5. The Bertz CT molecular complexity index is 773. The molecule has 0 radical (unpaired) electrons. The fourth-order valence-corrected chi connectivity index (χ4v) is 4.19. The topological polar surface area (TPSA) is 49.9 Å². The summed E-state index contributed by atoms with van der Waals surface area (Å²) in [6, 6.07) is 3.53. The molecule has 27 heavy (non-hydrogen) atoms. The van der Waals surface area contributed by atoms with Crippen molar-refractivity contribution in [2.45, 2.75) is 13.0 Å². The zero-order valence-electron chi connectivity index (χ0n) is 15.4. The Balaban J connectivity index is 1.63. The van der Waals surface area contributed by atoms with E-state index in [-0.39, 0.29) is 0 Å². The van der Waals surface area contributed by atoms with Crippen molar-refractivity contribution in [2.75, 3.05) is 45.7 Å². The first-order chi connectivity index (χ1) is 13.1. The zero-order valence-corrected chi connectivity index (χ0v) is 17.8. The van der Waals surface area contributed by atoms with Crippen LogP contribution in [0, 0.1) is 0 Å². The van der Waals surface area contributed by atoms with Gasteiger partial charge in [-0.25, -0.2) is 4.98 Å². The van der Waals surface area contributed by atoms with Crippen LogP contribution in [0.1, 0.15) is 11.4 Å². The highest BCUT2D eigenvalue weighted by atomic mass is 35.5. The Morgan fingerprint density at radius 3 is 2.74 bits per heavy atom. The van der Waals surface area contributed by atoms with Gasteiger partial charge in [0.25, 0.3) is 0 Å². The van der Waals surface area contributed by atoms with Crippen molar-refractivity contribution in [3.8, 4) is 11.5 Å². The first kappa shape index (κ1) is 20.1. The van der Waals surface area contributed by atoms with Crippen LogP contribution in [0.4, 0.5) is 5.69 Å². The summed E-state index contributed by atoms with van der Waals surface area (Å²) in [7, 11) is 3.19. The first-order valence-corrected chi connectivity index (χ1v) is 10.4. The Morgan fingerprint density at radius 2 is 2.04 bits per heavy atom. The van der Waals surface area contributed by atoms with Gasteiger partial charge in [-0.15, -0.1) is 11.3 Å². The number of aromatic nitrogens is 1. The lowest BCUT2D eigenvalue weighted by molar-refractivity contribution is 0.278. The summed E-state index contributed by atoms with van der Waals surface area (Å²) in [5, 5.41) is 7.63. The summed E-state index contributed by atoms with van der Waals surface area (Å²) in [4.78, 5) is 9.00. The number of benzene rings is 1. The highest BCUT2D eigenvalue weighted by Gasteiger charge is 2.19. The van der Waals surface area contributed by atoms with E-state index < -0.39 is 0 Å². The predicted molar refractivity (Wildman–Crippen MR) is 114 cm³/mol. The van der Waals surface area contributed by atoms with Crippen molar-refractivity contribution >= 4 is 46.0 Å². The molecule has 3 rings (SSSR count). The van der Waals surface area contributed by atoms with Crippen molar-refractivity contribution in [1.82, 2.24) is 14.8 Å². The first-order valence-electron chi connectivity index (χ1n) is 8.69. The van der Waals surface area contributed by atoms with E-state index >= 15 is 0 Å². The Kier molecular flexibility index (Phi) is 7.12. The highest BCUT2D eigenvalue weighted by molar-refractivity contribution is 7.80. The van der Waals surface area contributed by atoms with Crippen LogP contribution >= 0.6 is 35.2 Å². The molecule has 9 heteroatoms. The van der Waals surface area contributed by atoms with Gasteiger partial charge in [0.2, 0.25) is 0 Å². The molecule has 0 aliphatic carbocycles. The summed E-state index contributed by atoms with van der Waals surface area (Å²) < 4.78 is 10.7. The monoisotopic (exact) mass is 426 g/mol. The fourth-order valence-electron chi connectivity index (χ4n) is 3.01. The number of ether oxygens (including phenoxy) is 2. The van der Waals surface area contributed by atoms with Crippen molar-refractivity contribution in [2.24, 2.45) is 0 Å². The minimum Gasteiger partial charge on any atom is -0.495 e. The van der Waals surface area contributed by atoms with Gasteiger partial charge in [0.15, 0.2) is 5.11 Å². The fraction of sp³-hybridized carbons (Fsp3) is 0.444. The van der Waals surface area contributed by atoms with E-state index in [2.05, 4.69) is 20.1 Å². The number of rotatable bonds is 5. The summed E-state index contributed by atoms with van der Waals surface area (Å²) in [6.07, 6.45) is 2.91. The molecule has 0 bridgehead atoms. The molecule has 0 saturated carbocycles. The lowest BCUT2D eigenvalue weighted by atomic mass is 10.2. The van der Waals surface area contributed by atoms with Gasteiger partial charge >= 0.3 is 0 Å². The molecule has 1 aliphatic rings. The maximum absolute atomic E-state index is 6.18. The van der Waals surface area contributed by atoms with Crippen molar-refractivity contribution in [3.05, 3.63) is 33.7 Å². The highest BCUT2D eigenvalue weighted by Crippen LogP contribution is 2.36. The summed E-state index contributed by atoms with van der Waals surface area (Å²) in [6.45, 7) is 4.66. The largest absolute Gasteiger partial charge is 0.495 e. The SMILES string of the molecule is COc1cc(NC(=S)N2CCCN(Cc3nccs3)CC2)c(OC)cc1Cl. The molecule has 0 unspecified atom stereocenters. The lowest BCUT2D eigenvalue weighted by Crippen LogP contribution is -2.37.